The molecule has 2 aliphatic rings. The molecule has 3 rings (SSSR count). The molecule has 124 valence electrons. The molecular formula is C21H23FNO+. The van der Waals surface area contributed by atoms with Gasteiger partial charge in [0.2, 0.25) is 17.1 Å². The monoisotopic (exact) mass is 324 g/mol. The molecule has 1 aliphatic carbocycles. The second kappa shape index (κ2) is 7.08. The lowest BCUT2D eigenvalue weighted by atomic mass is 9.79. The molecule has 24 heavy (non-hydrogen) atoms. The summed E-state index contributed by atoms with van der Waals surface area (Å²) in [5.74, 6) is 0.115. The van der Waals surface area contributed by atoms with E-state index in [1.165, 1.54) is 12.1 Å². The fourth-order valence-corrected chi connectivity index (χ4v) is 3.14. The molecule has 0 N–H and O–H groups in total. The summed E-state index contributed by atoms with van der Waals surface area (Å²) in [6.07, 6.45) is 10.8. The van der Waals surface area contributed by atoms with Crippen molar-refractivity contribution in [3.8, 4) is 0 Å². The van der Waals surface area contributed by atoms with E-state index in [0.29, 0.717) is 0 Å². The average molecular weight is 324 g/mol. The number of Topliss-reactive ketones (excluding diaryl/α,β-unsaturated/α-hetero) is 1. The Morgan fingerprint density at radius 2 is 2.04 bits per heavy atom. The van der Waals surface area contributed by atoms with Gasteiger partial charge in [-0.05, 0) is 37.5 Å². The number of hydrogen-bond donors (Lipinski definition) is 0. The number of benzene rings is 1. The summed E-state index contributed by atoms with van der Waals surface area (Å²) in [6, 6.07) is 6.37. The zero-order chi connectivity index (χ0) is 17.1. The van der Waals surface area contributed by atoms with E-state index >= 15 is 0 Å². The number of rotatable bonds is 6. The second-order valence-corrected chi connectivity index (χ2v) is 6.37. The number of halogens is 1. The van der Waals surface area contributed by atoms with Gasteiger partial charge in [-0.1, -0.05) is 26.3 Å². The van der Waals surface area contributed by atoms with Crippen LogP contribution in [0.5, 0.6) is 0 Å². The smallest absolute Gasteiger partial charge is 0.218 e. The number of nitrogens with zero attached hydrogens (tertiary/aromatic N) is 1. The van der Waals surface area contributed by atoms with Gasteiger partial charge in [0.15, 0.2) is 5.78 Å². The van der Waals surface area contributed by atoms with E-state index in [-0.39, 0.29) is 17.5 Å². The van der Waals surface area contributed by atoms with Gasteiger partial charge in [0, 0.05) is 30.2 Å². The number of carbonyl (C=O) groups is 1. The van der Waals surface area contributed by atoms with Crippen molar-refractivity contribution in [3.05, 3.63) is 66.2 Å². The van der Waals surface area contributed by atoms with Gasteiger partial charge in [0.25, 0.3) is 0 Å². The fraction of sp³-hybridized carbons (Fsp3) is 0.333. The summed E-state index contributed by atoms with van der Waals surface area (Å²) in [5, 5.41) is 0. The predicted octanol–water partition coefficient (Wildman–Crippen LogP) is 5.09. The summed E-state index contributed by atoms with van der Waals surface area (Å²) in [4.78, 5) is 12.9. The molecule has 1 saturated carbocycles. The van der Waals surface area contributed by atoms with E-state index in [9.17, 15) is 9.18 Å². The Kier molecular flexibility index (Phi) is 4.89. The lowest BCUT2D eigenvalue weighted by Crippen LogP contribution is -2.24. The predicted molar refractivity (Wildman–Crippen MR) is 94.9 cm³/mol. The van der Waals surface area contributed by atoms with Crippen LogP contribution in [0.4, 0.5) is 10.1 Å². The number of allylic oxidation sites excluding steroid dienone is 4. The van der Waals surface area contributed by atoms with Gasteiger partial charge in [0.05, 0.1) is 5.57 Å². The molecule has 1 aliphatic heterocycles. The van der Waals surface area contributed by atoms with Crippen LogP contribution in [0.15, 0.2) is 60.3 Å². The third-order valence-electron chi connectivity index (χ3n) is 4.73. The molecule has 0 radical (unpaired) electrons. The van der Waals surface area contributed by atoms with Gasteiger partial charge in [0.1, 0.15) is 5.82 Å². The van der Waals surface area contributed by atoms with E-state index in [4.69, 9.17) is 0 Å². The topological polar surface area (TPSA) is 20.1 Å². The van der Waals surface area contributed by atoms with Crippen LogP contribution in [-0.4, -0.2) is 16.1 Å². The van der Waals surface area contributed by atoms with Crippen LogP contribution >= 0.6 is 0 Å². The van der Waals surface area contributed by atoms with Crippen molar-refractivity contribution in [2.45, 2.75) is 39.0 Å². The number of carbonyl (C=O) groups excluding carboxylic acids is 1. The number of hydrogen-bond acceptors (Lipinski definition) is 1. The molecule has 0 atom stereocenters. The molecule has 3 heteroatoms. The maximum atomic E-state index is 13.3. The van der Waals surface area contributed by atoms with Gasteiger partial charge in [-0.3, -0.25) is 4.79 Å². The molecule has 1 aromatic rings. The molecule has 0 saturated heterocycles. The zero-order valence-corrected chi connectivity index (χ0v) is 14.1. The van der Waals surface area contributed by atoms with Gasteiger partial charge >= 0.3 is 0 Å². The van der Waals surface area contributed by atoms with Gasteiger partial charge in [-0.15, -0.1) is 0 Å². The van der Waals surface area contributed by atoms with Crippen molar-refractivity contribution in [1.82, 2.24) is 0 Å². The fourth-order valence-electron chi connectivity index (χ4n) is 3.14. The van der Waals surface area contributed by atoms with Gasteiger partial charge in [-0.2, -0.15) is 4.58 Å². The van der Waals surface area contributed by atoms with Crippen LogP contribution in [0, 0.1) is 11.7 Å². The van der Waals surface area contributed by atoms with Crippen LogP contribution in [0.1, 0.15) is 39.0 Å². The van der Waals surface area contributed by atoms with Crippen molar-refractivity contribution in [1.29, 1.82) is 0 Å². The van der Waals surface area contributed by atoms with Crippen molar-refractivity contribution in [2.24, 2.45) is 5.92 Å². The zero-order valence-electron chi connectivity index (χ0n) is 14.1. The van der Waals surface area contributed by atoms with Crippen LogP contribution in [0.3, 0.4) is 0 Å². The Morgan fingerprint density at radius 1 is 1.33 bits per heavy atom. The minimum absolute atomic E-state index is 0.153. The third kappa shape index (κ3) is 3.03. The molecule has 1 heterocycles. The van der Waals surface area contributed by atoms with E-state index < -0.39 is 0 Å². The van der Waals surface area contributed by atoms with Crippen LogP contribution in [-0.2, 0) is 4.79 Å². The van der Waals surface area contributed by atoms with Crippen LogP contribution < -0.4 is 0 Å². The Balaban J connectivity index is 2.03. The minimum Gasteiger partial charge on any atom is -0.294 e. The van der Waals surface area contributed by atoms with Crippen LogP contribution in [0.2, 0.25) is 0 Å². The molecule has 0 aromatic heterocycles. The lowest BCUT2D eigenvalue weighted by Gasteiger charge is -2.23. The Labute approximate surface area is 142 Å². The molecule has 2 nitrogen and oxygen atoms in total. The molecular weight excluding hydrogens is 301 g/mol. The van der Waals surface area contributed by atoms with Crippen molar-refractivity contribution < 1.29 is 13.8 Å². The lowest BCUT2D eigenvalue weighted by molar-refractivity contribution is -0.373. The van der Waals surface area contributed by atoms with Crippen molar-refractivity contribution >= 4 is 17.2 Å². The Morgan fingerprint density at radius 3 is 2.58 bits per heavy atom. The molecule has 1 aromatic carbocycles. The normalized spacial score (nSPS) is 19.4. The third-order valence-corrected chi connectivity index (χ3v) is 4.73. The molecule has 0 spiro atoms. The summed E-state index contributed by atoms with van der Waals surface area (Å²) in [7, 11) is 0. The van der Waals surface area contributed by atoms with E-state index in [2.05, 4.69) is 19.6 Å². The maximum Gasteiger partial charge on any atom is 0.218 e. The summed E-state index contributed by atoms with van der Waals surface area (Å²) >= 11 is 0. The number of ketones is 1. The van der Waals surface area contributed by atoms with E-state index in [0.717, 1.165) is 54.8 Å². The number of unbranched alkanes of at least 4 members (excludes halogenated alkanes) is 1. The standard InChI is InChI=1S/C21H23FNO/c1-3-5-9-20-19(21(24)15-7-6-8-15)14-17(4-2)23(20)18-12-10-16(22)11-13-18/h4,9-15H,2-3,5-8H2,1H3/q+1/b20-9+. The Bertz CT molecular complexity index is 749. The summed E-state index contributed by atoms with van der Waals surface area (Å²) < 4.78 is 15.3. The molecule has 0 bridgehead atoms. The summed E-state index contributed by atoms with van der Waals surface area (Å²) in [5.41, 5.74) is 3.40. The average Bonchev–Trinajstić information content (AvgIpc) is 2.90. The van der Waals surface area contributed by atoms with Crippen molar-refractivity contribution in [2.75, 3.05) is 0 Å². The largest absolute Gasteiger partial charge is 0.294 e. The Hall–Kier alpha value is -2.29. The minimum atomic E-state index is -0.268. The first-order valence-electron chi connectivity index (χ1n) is 8.67. The first kappa shape index (κ1) is 16.6. The summed E-state index contributed by atoms with van der Waals surface area (Å²) in [6.45, 7) is 6.00. The highest BCUT2D eigenvalue weighted by molar-refractivity contribution is 6.13. The highest BCUT2D eigenvalue weighted by Gasteiger charge is 2.38. The van der Waals surface area contributed by atoms with E-state index in [1.54, 1.807) is 18.2 Å². The highest BCUT2D eigenvalue weighted by Crippen LogP contribution is 2.35. The van der Waals surface area contributed by atoms with Gasteiger partial charge in [-0.25, -0.2) is 4.39 Å². The van der Waals surface area contributed by atoms with E-state index in [1.807, 2.05) is 10.7 Å². The first-order valence-corrected chi connectivity index (χ1v) is 8.67. The van der Waals surface area contributed by atoms with Crippen LogP contribution in [0.25, 0.3) is 0 Å². The SMILES string of the molecule is C=CC1=[N+](c2ccc(F)cc2)/C(=C/CCC)C(C(=O)C2CCC2)=C1. The van der Waals surface area contributed by atoms with Crippen molar-refractivity contribution in [3.63, 3.8) is 0 Å². The highest BCUT2D eigenvalue weighted by atomic mass is 19.1. The second-order valence-electron chi connectivity index (χ2n) is 6.37. The van der Waals surface area contributed by atoms with Gasteiger partial charge < -0.3 is 0 Å². The molecule has 0 unspecified atom stereocenters. The first-order chi connectivity index (χ1) is 11.7. The molecule has 0 amide bonds. The quantitative estimate of drug-likeness (QED) is 0.667. The maximum absolute atomic E-state index is 13.3. The molecule has 1 fully saturated rings.